The Bertz CT molecular complexity index is 1130. The standard InChI is InChI=1S/C26H24N2O/c1-18(2)17-27-26(29)23-16-25(28-24-11-7-6-10-22(23)24)21-14-12-20(13-15-21)19-8-4-3-5-9-19/h3-16,18H,17H2,1-2H3,(H,27,29). The minimum Gasteiger partial charge on any atom is -0.352 e. The molecule has 0 radical (unpaired) electrons. The van der Waals surface area contributed by atoms with Crippen LogP contribution in [0, 0.1) is 5.92 Å². The van der Waals surface area contributed by atoms with Crippen LogP contribution in [0.3, 0.4) is 0 Å². The topological polar surface area (TPSA) is 42.0 Å². The van der Waals surface area contributed by atoms with Crippen LogP contribution in [-0.4, -0.2) is 17.4 Å². The minimum atomic E-state index is -0.0561. The number of carbonyl (C=O) groups is 1. The largest absolute Gasteiger partial charge is 0.352 e. The second-order valence-electron chi connectivity index (χ2n) is 7.62. The second-order valence-corrected chi connectivity index (χ2v) is 7.62. The Balaban J connectivity index is 1.73. The highest BCUT2D eigenvalue weighted by atomic mass is 16.1. The van der Waals surface area contributed by atoms with Gasteiger partial charge in [0, 0.05) is 17.5 Å². The molecule has 0 saturated carbocycles. The highest BCUT2D eigenvalue weighted by Gasteiger charge is 2.14. The lowest BCUT2D eigenvalue weighted by atomic mass is 10.0. The SMILES string of the molecule is CC(C)CNC(=O)c1cc(-c2ccc(-c3ccccc3)cc2)nc2ccccc12. The molecule has 3 heteroatoms. The molecule has 0 atom stereocenters. The third kappa shape index (κ3) is 4.19. The van der Waals surface area contributed by atoms with Crippen LogP contribution in [0.15, 0.2) is 84.9 Å². The van der Waals surface area contributed by atoms with E-state index >= 15 is 0 Å². The molecular formula is C26H24N2O. The molecule has 0 fully saturated rings. The van der Waals surface area contributed by atoms with Gasteiger partial charge in [0.15, 0.2) is 0 Å². The quantitative estimate of drug-likeness (QED) is 0.464. The third-order valence-corrected chi connectivity index (χ3v) is 4.92. The van der Waals surface area contributed by atoms with Gasteiger partial charge >= 0.3 is 0 Å². The van der Waals surface area contributed by atoms with E-state index in [9.17, 15) is 4.79 Å². The summed E-state index contributed by atoms with van der Waals surface area (Å²) in [5.41, 5.74) is 5.63. The molecule has 0 aliphatic rings. The van der Waals surface area contributed by atoms with Gasteiger partial charge in [0.1, 0.15) is 0 Å². The van der Waals surface area contributed by atoms with E-state index in [1.54, 1.807) is 0 Å². The van der Waals surface area contributed by atoms with E-state index in [0.29, 0.717) is 18.0 Å². The summed E-state index contributed by atoms with van der Waals surface area (Å²) in [6.07, 6.45) is 0. The summed E-state index contributed by atoms with van der Waals surface area (Å²) in [7, 11) is 0. The van der Waals surface area contributed by atoms with Gasteiger partial charge in [-0.25, -0.2) is 4.98 Å². The van der Waals surface area contributed by atoms with Crippen molar-refractivity contribution in [2.24, 2.45) is 5.92 Å². The lowest BCUT2D eigenvalue weighted by Crippen LogP contribution is -2.27. The Hall–Kier alpha value is -3.46. The Morgan fingerprint density at radius 2 is 1.45 bits per heavy atom. The van der Waals surface area contributed by atoms with Crippen molar-refractivity contribution in [1.82, 2.24) is 10.3 Å². The molecule has 0 spiro atoms. The normalized spacial score (nSPS) is 11.0. The predicted molar refractivity (Wildman–Crippen MR) is 120 cm³/mol. The van der Waals surface area contributed by atoms with Gasteiger partial charge in [0.25, 0.3) is 5.91 Å². The van der Waals surface area contributed by atoms with Crippen LogP contribution < -0.4 is 5.32 Å². The first-order chi connectivity index (χ1) is 14.1. The fourth-order valence-electron chi connectivity index (χ4n) is 3.37. The maximum absolute atomic E-state index is 12.8. The number of benzene rings is 3. The number of fused-ring (bicyclic) bond motifs is 1. The van der Waals surface area contributed by atoms with Gasteiger partial charge in [-0.15, -0.1) is 0 Å². The highest BCUT2D eigenvalue weighted by Crippen LogP contribution is 2.27. The molecular weight excluding hydrogens is 356 g/mol. The fraction of sp³-hybridized carbons (Fsp3) is 0.154. The summed E-state index contributed by atoms with van der Waals surface area (Å²) in [6.45, 7) is 4.83. The van der Waals surface area contributed by atoms with Crippen molar-refractivity contribution in [3.05, 3.63) is 90.5 Å². The average Bonchev–Trinajstić information content (AvgIpc) is 2.77. The molecule has 0 aliphatic carbocycles. The van der Waals surface area contributed by atoms with Crippen molar-refractivity contribution in [3.63, 3.8) is 0 Å². The fourth-order valence-corrected chi connectivity index (χ4v) is 3.37. The van der Waals surface area contributed by atoms with E-state index in [1.165, 1.54) is 5.56 Å². The van der Waals surface area contributed by atoms with Gasteiger partial charge < -0.3 is 5.32 Å². The molecule has 144 valence electrons. The number of nitrogens with zero attached hydrogens (tertiary/aromatic N) is 1. The number of hydrogen-bond donors (Lipinski definition) is 1. The summed E-state index contributed by atoms with van der Waals surface area (Å²) in [4.78, 5) is 17.7. The third-order valence-electron chi connectivity index (χ3n) is 4.92. The van der Waals surface area contributed by atoms with Gasteiger partial charge in [-0.3, -0.25) is 4.79 Å². The molecule has 1 amide bonds. The maximum atomic E-state index is 12.8. The molecule has 0 aliphatic heterocycles. The number of aromatic nitrogens is 1. The molecule has 0 bridgehead atoms. The molecule has 1 heterocycles. The van der Waals surface area contributed by atoms with Crippen molar-refractivity contribution in [2.75, 3.05) is 6.54 Å². The highest BCUT2D eigenvalue weighted by molar-refractivity contribution is 6.07. The van der Waals surface area contributed by atoms with Gasteiger partial charge in [-0.1, -0.05) is 86.6 Å². The number of rotatable bonds is 5. The smallest absolute Gasteiger partial charge is 0.252 e. The minimum absolute atomic E-state index is 0.0561. The number of amides is 1. The van der Waals surface area contributed by atoms with Crippen molar-refractivity contribution >= 4 is 16.8 Å². The van der Waals surface area contributed by atoms with E-state index in [4.69, 9.17) is 4.98 Å². The monoisotopic (exact) mass is 380 g/mol. The first-order valence-corrected chi connectivity index (χ1v) is 9.95. The summed E-state index contributed by atoms with van der Waals surface area (Å²) in [5.74, 6) is 0.344. The molecule has 3 nitrogen and oxygen atoms in total. The van der Waals surface area contributed by atoms with Gasteiger partial charge in [0.05, 0.1) is 16.8 Å². The lowest BCUT2D eigenvalue weighted by molar-refractivity contribution is 0.0950. The molecule has 29 heavy (non-hydrogen) atoms. The average molecular weight is 380 g/mol. The summed E-state index contributed by atoms with van der Waals surface area (Å²) >= 11 is 0. The van der Waals surface area contributed by atoms with Crippen LogP contribution in [0.25, 0.3) is 33.3 Å². The number of carbonyl (C=O) groups excluding carboxylic acids is 1. The molecule has 4 rings (SSSR count). The van der Waals surface area contributed by atoms with E-state index in [-0.39, 0.29) is 5.91 Å². The van der Waals surface area contributed by atoms with Crippen LogP contribution in [0.1, 0.15) is 24.2 Å². The van der Waals surface area contributed by atoms with Crippen molar-refractivity contribution < 1.29 is 4.79 Å². The maximum Gasteiger partial charge on any atom is 0.252 e. The summed E-state index contributed by atoms with van der Waals surface area (Å²) in [6, 6.07) is 28.3. The molecule has 0 unspecified atom stereocenters. The Morgan fingerprint density at radius 1 is 0.828 bits per heavy atom. The van der Waals surface area contributed by atoms with Crippen LogP contribution in [0.2, 0.25) is 0 Å². The van der Waals surface area contributed by atoms with E-state index in [1.807, 2.05) is 48.5 Å². The van der Waals surface area contributed by atoms with Crippen LogP contribution in [0.4, 0.5) is 0 Å². The zero-order chi connectivity index (χ0) is 20.2. The Labute approximate surface area is 171 Å². The molecule has 4 aromatic rings. The van der Waals surface area contributed by atoms with Gasteiger partial charge in [-0.2, -0.15) is 0 Å². The van der Waals surface area contributed by atoms with Gasteiger partial charge in [-0.05, 0) is 29.2 Å². The van der Waals surface area contributed by atoms with E-state index in [0.717, 1.165) is 27.7 Å². The Morgan fingerprint density at radius 3 is 2.17 bits per heavy atom. The second kappa shape index (κ2) is 8.27. The van der Waals surface area contributed by atoms with E-state index < -0.39 is 0 Å². The Kier molecular flexibility index (Phi) is 5.39. The van der Waals surface area contributed by atoms with E-state index in [2.05, 4.69) is 55.6 Å². The first-order valence-electron chi connectivity index (χ1n) is 9.95. The molecule has 0 saturated heterocycles. The zero-order valence-electron chi connectivity index (χ0n) is 16.7. The van der Waals surface area contributed by atoms with Gasteiger partial charge in [0.2, 0.25) is 0 Å². The number of pyridine rings is 1. The molecule has 1 aromatic heterocycles. The van der Waals surface area contributed by atoms with Crippen molar-refractivity contribution in [1.29, 1.82) is 0 Å². The number of para-hydroxylation sites is 1. The zero-order valence-corrected chi connectivity index (χ0v) is 16.7. The lowest BCUT2D eigenvalue weighted by Gasteiger charge is -2.12. The number of nitrogens with one attached hydrogen (secondary N) is 1. The van der Waals surface area contributed by atoms with Crippen LogP contribution >= 0.6 is 0 Å². The number of hydrogen-bond acceptors (Lipinski definition) is 2. The summed E-state index contributed by atoms with van der Waals surface area (Å²) in [5, 5.41) is 3.91. The predicted octanol–water partition coefficient (Wildman–Crippen LogP) is 5.95. The first kappa shape index (κ1) is 18.9. The van der Waals surface area contributed by atoms with Crippen LogP contribution in [-0.2, 0) is 0 Å². The molecule has 1 N–H and O–H groups in total. The summed E-state index contributed by atoms with van der Waals surface area (Å²) < 4.78 is 0. The van der Waals surface area contributed by atoms with Crippen molar-refractivity contribution in [2.45, 2.75) is 13.8 Å². The van der Waals surface area contributed by atoms with Crippen molar-refractivity contribution in [3.8, 4) is 22.4 Å². The molecule has 3 aromatic carbocycles. The van der Waals surface area contributed by atoms with Crippen LogP contribution in [0.5, 0.6) is 0 Å².